The molecule has 7 heteroatoms. The van der Waals surface area contributed by atoms with Crippen molar-refractivity contribution < 1.29 is 22.3 Å². The molecule has 0 aliphatic carbocycles. The standard InChI is InChI=1S/C12H16N2O4S/c15-12-10-14(7-6-13-12)8-9-19(16,17)18-11-4-2-1-3-5-11/h1-5H,6-10H2,(H,13,15)/p+1. The molecule has 0 bridgehead atoms. The van der Waals surface area contributed by atoms with Crippen molar-refractivity contribution in [2.45, 2.75) is 0 Å². The van der Waals surface area contributed by atoms with Crippen LogP contribution in [0.2, 0.25) is 0 Å². The van der Waals surface area contributed by atoms with E-state index >= 15 is 0 Å². The van der Waals surface area contributed by atoms with Gasteiger partial charge in [-0.2, -0.15) is 8.42 Å². The third-order valence-corrected chi connectivity index (χ3v) is 4.03. The Morgan fingerprint density at radius 3 is 2.68 bits per heavy atom. The zero-order valence-corrected chi connectivity index (χ0v) is 11.3. The zero-order chi connectivity index (χ0) is 13.7. The minimum absolute atomic E-state index is 0.0392. The summed E-state index contributed by atoms with van der Waals surface area (Å²) in [5.74, 6) is 0.182. The third-order valence-electron chi connectivity index (χ3n) is 2.88. The van der Waals surface area contributed by atoms with Crippen LogP contribution in [0.3, 0.4) is 0 Å². The smallest absolute Gasteiger partial charge is 0.314 e. The molecule has 0 aromatic heterocycles. The van der Waals surface area contributed by atoms with E-state index in [1.54, 1.807) is 30.3 Å². The van der Waals surface area contributed by atoms with Crippen molar-refractivity contribution in [1.82, 2.24) is 5.32 Å². The zero-order valence-electron chi connectivity index (χ0n) is 10.5. The molecule has 2 N–H and O–H groups in total. The van der Waals surface area contributed by atoms with Crippen molar-refractivity contribution in [1.29, 1.82) is 0 Å². The van der Waals surface area contributed by atoms with E-state index in [9.17, 15) is 13.2 Å². The van der Waals surface area contributed by atoms with E-state index in [1.807, 2.05) is 0 Å². The van der Waals surface area contributed by atoms with E-state index in [0.717, 1.165) is 11.4 Å². The van der Waals surface area contributed by atoms with Gasteiger partial charge in [0.1, 0.15) is 11.5 Å². The molecule has 0 spiro atoms. The molecule has 1 amide bonds. The molecule has 1 heterocycles. The predicted octanol–water partition coefficient (Wildman–Crippen LogP) is -1.59. The molecule has 19 heavy (non-hydrogen) atoms. The monoisotopic (exact) mass is 285 g/mol. The molecule has 1 aliphatic rings. The number of benzene rings is 1. The van der Waals surface area contributed by atoms with E-state index in [-0.39, 0.29) is 11.7 Å². The number of quaternary nitrogens is 1. The number of carbonyl (C=O) groups is 1. The first-order chi connectivity index (χ1) is 9.05. The first-order valence-corrected chi connectivity index (χ1v) is 7.70. The number of amides is 1. The van der Waals surface area contributed by atoms with Crippen LogP contribution in [0.25, 0.3) is 0 Å². The van der Waals surface area contributed by atoms with E-state index in [1.165, 1.54) is 0 Å². The molecular formula is C12H17N2O4S+. The minimum Gasteiger partial charge on any atom is -0.382 e. The molecule has 1 aliphatic heterocycles. The van der Waals surface area contributed by atoms with Crippen molar-refractivity contribution >= 4 is 16.0 Å². The van der Waals surface area contributed by atoms with E-state index in [4.69, 9.17) is 4.18 Å². The highest BCUT2D eigenvalue weighted by atomic mass is 32.2. The molecule has 104 valence electrons. The van der Waals surface area contributed by atoms with Crippen molar-refractivity contribution in [2.24, 2.45) is 0 Å². The molecule has 1 saturated heterocycles. The molecule has 0 saturated carbocycles. The lowest BCUT2D eigenvalue weighted by atomic mass is 10.3. The summed E-state index contributed by atoms with van der Waals surface area (Å²) in [5, 5.41) is 2.71. The van der Waals surface area contributed by atoms with Gasteiger partial charge in [0.05, 0.1) is 19.6 Å². The molecule has 6 nitrogen and oxygen atoms in total. The highest BCUT2D eigenvalue weighted by Gasteiger charge is 2.23. The minimum atomic E-state index is -3.60. The van der Waals surface area contributed by atoms with Crippen molar-refractivity contribution in [3.63, 3.8) is 0 Å². The highest BCUT2D eigenvalue weighted by Crippen LogP contribution is 2.11. The van der Waals surface area contributed by atoms with Crippen LogP contribution >= 0.6 is 0 Å². The molecule has 1 aromatic rings. The van der Waals surface area contributed by atoms with Crippen LogP contribution in [0, 0.1) is 0 Å². The van der Waals surface area contributed by atoms with Gasteiger partial charge in [-0.15, -0.1) is 0 Å². The largest absolute Gasteiger partial charge is 0.382 e. The molecule has 1 fully saturated rings. The second kappa shape index (κ2) is 6.03. The first kappa shape index (κ1) is 13.8. The normalized spacial score (nSPS) is 19.8. The van der Waals surface area contributed by atoms with E-state index < -0.39 is 10.1 Å². The van der Waals surface area contributed by atoms with Gasteiger partial charge in [0, 0.05) is 0 Å². The number of carbonyl (C=O) groups excluding carboxylic acids is 1. The van der Waals surface area contributed by atoms with Crippen molar-refractivity contribution in [2.75, 3.05) is 31.9 Å². The molecule has 1 unspecified atom stereocenters. The summed E-state index contributed by atoms with van der Waals surface area (Å²) in [6, 6.07) is 8.41. The summed E-state index contributed by atoms with van der Waals surface area (Å²) in [6.07, 6.45) is 0. The van der Waals surface area contributed by atoms with Gasteiger partial charge in [0.15, 0.2) is 6.54 Å². The van der Waals surface area contributed by atoms with Crippen molar-refractivity contribution in [3.05, 3.63) is 30.3 Å². The lowest BCUT2D eigenvalue weighted by Crippen LogP contribution is -3.15. The Morgan fingerprint density at radius 1 is 1.26 bits per heavy atom. The number of nitrogens with one attached hydrogen (secondary N) is 2. The average molecular weight is 285 g/mol. The van der Waals surface area contributed by atoms with Gasteiger partial charge >= 0.3 is 10.1 Å². The Bertz CT molecular complexity index is 530. The highest BCUT2D eigenvalue weighted by molar-refractivity contribution is 7.87. The van der Waals surface area contributed by atoms with Gasteiger partial charge in [0.2, 0.25) is 0 Å². The van der Waals surface area contributed by atoms with Crippen LogP contribution in [0.1, 0.15) is 0 Å². The second-order valence-corrected chi connectivity index (χ2v) is 6.13. The van der Waals surface area contributed by atoms with E-state index in [0.29, 0.717) is 25.4 Å². The fourth-order valence-electron chi connectivity index (χ4n) is 1.90. The number of piperazine rings is 1. The van der Waals surface area contributed by atoms with Gasteiger partial charge in [0.25, 0.3) is 5.91 Å². The molecular weight excluding hydrogens is 268 g/mol. The number of hydrogen-bond acceptors (Lipinski definition) is 4. The van der Waals surface area contributed by atoms with Gasteiger partial charge in [-0.25, -0.2) is 0 Å². The van der Waals surface area contributed by atoms with Crippen molar-refractivity contribution in [3.8, 4) is 5.75 Å². The Morgan fingerprint density at radius 2 is 2.00 bits per heavy atom. The Balaban J connectivity index is 1.86. The fourth-order valence-corrected chi connectivity index (χ4v) is 2.93. The van der Waals surface area contributed by atoms with Gasteiger partial charge in [-0.3, -0.25) is 4.79 Å². The first-order valence-electron chi connectivity index (χ1n) is 6.13. The summed E-state index contributed by atoms with van der Waals surface area (Å²) in [6.45, 7) is 2.03. The Kier molecular flexibility index (Phi) is 4.39. The molecule has 1 aromatic carbocycles. The topological polar surface area (TPSA) is 76.9 Å². The van der Waals surface area contributed by atoms with Crippen LogP contribution in [-0.2, 0) is 14.9 Å². The second-order valence-electron chi connectivity index (χ2n) is 4.43. The summed E-state index contributed by atoms with van der Waals surface area (Å²) >= 11 is 0. The number of hydrogen-bond donors (Lipinski definition) is 2. The number of para-hydroxylation sites is 1. The predicted molar refractivity (Wildman–Crippen MR) is 69.4 cm³/mol. The maximum absolute atomic E-state index is 11.8. The average Bonchev–Trinajstić information content (AvgIpc) is 2.37. The Labute approximate surface area is 112 Å². The van der Waals surface area contributed by atoms with E-state index in [2.05, 4.69) is 5.32 Å². The van der Waals surface area contributed by atoms with Crippen LogP contribution in [-0.4, -0.2) is 46.3 Å². The van der Waals surface area contributed by atoms with Crippen LogP contribution in [0.5, 0.6) is 5.75 Å². The molecule has 0 radical (unpaired) electrons. The van der Waals surface area contributed by atoms with Crippen LogP contribution in [0.15, 0.2) is 30.3 Å². The van der Waals surface area contributed by atoms with Crippen LogP contribution in [0.4, 0.5) is 0 Å². The van der Waals surface area contributed by atoms with Gasteiger partial charge < -0.3 is 14.4 Å². The quantitative estimate of drug-likeness (QED) is 0.640. The lowest BCUT2D eigenvalue weighted by Gasteiger charge is -2.23. The van der Waals surface area contributed by atoms with Gasteiger partial charge in [-0.1, -0.05) is 18.2 Å². The summed E-state index contributed by atoms with van der Waals surface area (Å²) in [7, 11) is -3.60. The summed E-state index contributed by atoms with van der Waals surface area (Å²) < 4.78 is 28.6. The molecule has 2 rings (SSSR count). The summed E-state index contributed by atoms with van der Waals surface area (Å²) in [5.41, 5.74) is 0. The maximum atomic E-state index is 11.8. The van der Waals surface area contributed by atoms with Gasteiger partial charge in [-0.05, 0) is 12.1 Å². The third kappa shape index (κ3) is 4.53. The summed E-state index contributed by atoms with van der Waals surface area (Å²) in [4.78, 5) is 12.1. The fraction of sp³-hybridized carbons (Fsp3) is 0.417. The number of rotatable bonds is 5. The lowest BCUT2D eigenvalue weighted by molar-refractivity contribution is -0.890. The Hall–Kier alpha value is -1.60. The maximum Gasteiger partial charge on any atom is 0.314 e. The van der Waals surface area contributed by atoms with Crippen LogP contribution < -0.4 is 14.4 Å². The SMILES string of the molecule is O=C1C[NH+](CCS(=O)(=O)Oc2ccccc2)CCN1. The molecule has 1 atom stereocenters.